The molecule has 1 heterocycles. The quantitative estimate of drug-likeness (QED) is 0.564. The van der Waals surface area contributed by atoms with Gasteiger partial charge in [-0.1, -0.05) is 53.2 Å². The Labute approximate surface area is 142 Å². The van der Waals surface area contributed by atoms with Gasteiger partial charge in [0, 0.05) is 21.4 Å². The van der Waals surface area contributed by atoms with Crippen molar-refractivity contribution in [1.29, 1.82) is 0 Å². The van der Waals surface area contributed by atoms with Crippen LogP contribution in [-0.2, 0) is 5.75 Å². The van der Waals surface area contributed by atoms with E-state index in [4.69, 9.17) is 29.0 Å². The molecule has 22 heavy (non-hydrogen) atoms. The Bertz CT molecular complexity index is 786. The smallest absolute Gasteiger partial charge is 0.210 e. The molecule has 0 spiro atoms. The van der Waals surface area contributed by atoms with Gasteiger partial charge in [0.05, 0.1) is 0 Å². The van der Waals surface area contributed by atoms with Crippen LogP contribution in [0.5, 0.6) is 0 Å². The number of thioether (sulfide) groups is 1. The standard InChI is InChI=1S/C15H12Cl2N4S/c16-12-7-5-10(6-8-12)14-19-20-15(21(14)18)22-9-11-3-1-2-4-13(11)17/h1-8H,9,18H2. The van der Waals surface area contributed by atoms with Crippen LogP contribution < -0.4 is 5.84 Å². The van der Waals surface area contributed by atoms with E-state index in [1.807, 2.05) is 36.4 Å². The van der Waals surface area contributed by atoms with Crippen LogP contribution in [0.25, 0.3) is 11.4 Å². The maximum absolute atomic E-state index is 6.15. The lowest BCUT2D eigenvalue weighted by atomic mass is 10.2. The molecule has 0 unspecified atom stereocenters. The molecule has 0 amide bonds. The summed E-state index contributed by atoms with van der Waals surface area (Å²) in [7, 11) is 0. The summed E-state index contributed by atoms with van der Waals surface area (Å²) in [5, 5.41) is 10.3. The predicted molar refractivity (Wildman–Crippen MR) is 91.6 cm³/mol. The van der Waals surface area contributed by atoms with E-state index >= 15 is 0 Å². The van der Waals surface area contributed by atoms with Gasteiger partial charge >= 0.3 is 0 Å². The number of hydrogen-bond donors (Lipinski definition) is 1. The Morgan fingerprint density at radius 3 is 2.45 bits per heavy atom. The highest BCUT2D eigenvalue weighted by atomic mass is 35.5. The van der Waals surface area contributed by atoms with Crippen molar-refractivity contribution in [3.05, 3.63) is 64.1 Å². The zero-order chi connectivity index (χ0) is 15.5. The van der Waals surface area contributed by atoms with Crippen LogP contribution in [0.15, 0.2) is 53.7 Å². The fourth-order valence-corrected chi connectivity index (χ4v) is 3.20. The van der Waals surface area contributed by atoms with Crippen LogP contribution >= 0.6 is 35.0 Å². The number of nitrogens with zero attached hydrogens (tertiary/aromatic N) is 3. The molecule has 7 heteroatoms. The minimum Gasteiger partial charge on any atom is -0.335 e. The average Bonchev–Trinajstić information content (AvgIpc) is 2.88. The van der Waals surface area contributed by atoms with E-state index in [-0.39, 0.29) is 0 Å². The van der Waals surface area contributed by atoms with Gasteiger partial charge in [0.1, 0.15) is 0 Å². The molecule has 0 aliphatic heterocycles. The maximum atomic E-state index is 6.15. The third kappa shape index (κ3) is 3.21. The SMILES string of the molecule is Nn1c(SCc2ccccc2Cl)nnc1-c1ccc(Cl)cc1. The van der Waals surface area contributed by atoms with Crippen LogP contribution in [0.1, 0.15) is 5.56 Å². The molecule has 4 nitrogen and oxygen atoms in total. The summed E-state index contributed by atoms with van der Waals surface area (Å²) in [5.74, 6) is 7.35. The van der Waals surface area contributed by atoms with Gasteiger partial charge in [0.15, 0.2) is 5.82 Å². The van der Waals surface area contributed by atoms with Gasteiger partial charge in [-0.3, -0.25) is 0 Å². The zero-order valence-corrected chi connectivity index (χ0v) is 13.7. The summed E-state index contributed by atoms with van der Waals surface area (Å²) >= 11 is 13.5. The van der Waals surface area contributed by atoms with E-state index < -0.39 is 0 Å². The molecule has 0 aliphatic rings. The molecule has 2 aromatic carbocycles. The van der Waals surface area contributed by atoms with E-state index in [2.05, 4.69) is 10.2 Å². The van der Waals surface area contributed by atoms with Gasteiger partial charge in [-0.25, -0.2) is 4.68 Å². The second kappa shape index (κ2) is 6.60. The predicted octanol–water partition coefficient (Wildman–Crippen LogP) is 4.26. The summed E-state index contributed by atoms with van der Waals surface area (Å²) in [4.78, 5) is 0. The summed E-state index contributed by atoms with van der Waals surface area (Å²) in [5.41, 5.74) is 1.90. The largest absolute Gasteiger partial charge is 0.335 e. The minimum atomic E-state index is 0.596. The molecule has 0 radical (unpaired) electrons. The number of rotatable bonds is 4. The van der Waals surface area contributed by atoms with Gasteiger partial charge < -0.3 is 5.84 Å². The number of benzene rings is 2. The van der Waals surface area contributed by atoms with Crippen molar-refractivity contribution in [2.75, 3.05) is 5.84 Å². The molecular weight excluding hydrogens is 339 g/mol. The van der Waals surface area contributed by atoms with Crippen LogP contribution in [0.4, 0.5) is 0 Å². The molecule has 112 valence electrons. The van der Waals surface area contributed by atoms with Gasteiger partial charge in [-0.15, -0.1) is 10.2 Å². The van der Waals surface area contributed by atoms with Gasteiger partial charge in [-0.2, -0.15) is 0 Å². The molecule has 0 saturated carbocycles. The first-order valence-corrected chi connectivity index (χ1v) is 8.22. The Morgan fingerprint density at radius 1 is 1.00 bits per heavy atom. The molecule has 3 aromatic rings. The summed E-state index contributed by atoms with van der Waals surface area (Å²) < 4.78 is 1.48. The first kappa shape index (κ1) is 15.2. The van der Waals surface area contributed by atoms with Crippen molar-refractivity contribution in [1.82, 2.24) is 14.9 Å². The molecule has 0 saturated heterocycles. The van der Waals surface area contributed by atoms with Crippen LogP contribution in [0.2, 0.25) is 10.0 Å². The Hall–Kier alpha value is -1.69. The number of halogens is 2. The second-order valence-electron chi connectivity index (χ2n) is 4.56. The molecule has 1 aromatic heterocycles. The highest BCUT2D eigenvalue weighted by molar-refractivity contribution is 7.98. The van der Waals surface area contributed by atoms with Crippen molar-refractivity contribution < 1.29 is 0 Å². The maximum Gasteiger partial charge on any atom is 0.210 e. The van der Waals surface area contributed by atoms with E-state index in [0.29, 0.717) is 21.8 Å². The summed E-state index contributed by atoms with van der Waals surface area (Å²) in [6, 6.07) is 15.0. The molecule has 3 rings (SSSR count). The number of hydrogen-bond acceptors (Lipinski definition) is 4. The van der Waals surface area contributed by atoms with Gasteiger partial charge in [-0.05, 0) is 35.9 Å². The molecular formula is C15H12Cl2N4S. The second-order valence-corrected chi connectivity index (χ2v) is 6.35. The van der Waals surface area contributed by atoms with Gasteiger partial charge in [0.2, 0.25) is 5.16 Å². The summed E-state index contributed by atoms with van der Waals surface area (Å²) in [6.45, 7) is 0. The lowest BCUT2D eigenvalue weighted by molar-refractivity contribution is 0.849. The van der Waals surface area contributed by atoms with Crippen LogP contribution in [0.3, 0.4) is 0 Å². The number of nitrogen functional groups attached to an aromatic ring is 1. The lowest BCUT2D eigenvalue weighted by Crippen LogP contribution is -2.11. The summed E-state index contributed by atoms with van der Waals surface area (Å²) in [6.07, 6.45) is 0. The molecule has 0 fully saturated rings. The Morgan fingerprint density at radius 2 is 1.73 bits per heavy atom. The van der Waals surface area contributed by atoms with E-state index in [1.54, 1.807) is 12.1 Å². The fourth-order valence-electron chi connectivity index (χ4n) is 1.93. The van der Waals surface area contributed by atoms with Crippen LogP contribution in [0, 0.1) is 0 Å². The third-order valence-electron chi connectivity index (χ3n) is 3.08. The first-order valence-electron chi connectivity index (χ1n) is 6.48. The highest BCUT2D eigenvalue weighted by Crippen LogP contribution is 2.27. The molecule has 0 aliphatic carbocycles. The van der Waals surface area contributed by atoms with Crippen molar-refractivity contribution >= 4 is 35.0 Å². The van der Waals surface area contributed by atoms with Crippen LogP contribution in [-0.4, -0.2) is 14.9 Å². The van der Waals surface area contributed by atoms with E-state index in [1.165, 1.54) is 16.4 Å². The van der Waals surface area contributed by atoms with Crippen molar-refractivity contribution in [2.45, 2.75) is 10.9 Å². The minimum absolute atomic E-state index is 0.596. The zero-order valence-electron chi connectivity index (χ0n) is 11.4. The van der Waals surface area contributed by atoms with Crippen molar-refractivity contribution in [3.63, 3.8) is 0 Å². The van der Waals surface area contributed by atoms with Crippen molar-refractivity contribution in [3.8, 4) is 11.4 Å². The van der Waals surface area contributed by atoms with E-state index in [0.717, 1.165) is 16.1 Å². The molecule has 2 N–H and O–H groups in total. The highest BCUT2D eigenvalue weighted by Gasteiger charge is 2.12. The van der Waals surface area contributed by atoms with Gasteiger partial charge in [0.25, 0.3) is 0 Å². The first-order chi connectivity index (χ1) is 10.6. The third-order valence-corrected chi connectivity index (χ3v) is 4.69. The monoisotopic (exact) mass is 350 g/mol. The lowest BCUT2D eigenvalue weighted by Gasteiger charge is -2.05. The topological polar surface area (TPSA) is 56.7 Å². The number of aromatic nitrogens is 3. The number of nitrogens with two attached hydrogens (primary N) is 1. The Balaban J connectivity index is 1.79. The molecule has 0 bridgehead atoms. The fraction of sp³-hybridized carbons (Fsp3) is 0.0667. The molecule has 0 atom stereocenters. The van der Waals surface area contributed by atoms with E-state index in [9.17, 15) is 0 Å². The van der Waals surface area contributed by atoms with Crippen molar-refractivity contribution in [2.24, 2.45) is 0 Å². The normalized spacial score (nSPS) is 10.8. The average molecular weight is 351 g/mol. The Kier molecular flexibility index (Phi) is 4.57.